The molecule has 0 bridgehead atoms. The van der Waals surface area contributed by atoms with Gasteiger partial charge in [0.1, 0.15) is 0 Å². The van der Waals surface area contributed by atoms with E-state index in [-0.39, 0.29) is 11.7 Å². The molecule has 4 rings (SSSR count). The van der Waals surface area contributed by atoms with Gasteiger partial charge in [-0.25, -0.2) is 4.98 Å². The van der Waals surface area contributed by atoms with Gasteiger partial charge in [0, 0.05) is 55.3 Å². The van der Waals surface area contributed by atoms with Crippen molar-refractivity contribution < 1.29 is 9.59 Å². The number of Topliss-reactive ketones (excluding diaryl/α,β-unsaturated/α-hetero) is 1. The van der Waals surface area contributed by atoms with Crippen LogP contribution in [0, 0.1) is 0 Å². The third kappa shape index (κ3) is 6.03. The van der Waals surface area contributed by atoms with E-state index < -0.39 is 0 Å². The number of piperazine rings is 1. The zero-order chi connectivity index (χ0) is 22.3. The Hall–Kier alpha value is -2.55. The zero-order valence-corrected chi connectivity index (χ0v) is 19.9. The summed E-state index contributed by atoms with van der Waals surface area (Å²) in [5.74, 6) is 0.136. The molecule has 1 amide bonds. The van der Waals surface area contributed by atoms with E-state index in [4.69, 9.17) is 4.98 Å². The van der Waals surface area contributed by atoms with Gasteiger partial charge in [-0.05, 0) is 25.1 Å². The molecule has 0 saturated carbocycles. The zero-order valence-electron chi connectivity index (χ0n) is 18.3. The van der Waals surface area contributed by atoms with Gasteiger partial charge in [-0.2, -0.15) is 0 Å². The smallest absolute Gasteiger partial charge is 0.217 e. The summed E-state index contributed by atoms with van der Waals surface area (Å²) in [4.78, 5) is 34.9. The third-order valence-electron chi connectivity index (χ3n) is 5.53. The van der Waals surface area contributed by atoms with Crippen LogP contribution in [0.1, 0.15) is 34.3 Å². The maximum atomic E-state index is 12.5. The van der Waals surface area contributed by atoms with Crippen molar-refractivity contribution in [1.82, 2.24) is 15.2 Å². The molecular formula is C24H28N4O2S2. The van der Waals surface area contributed by atoms with E-state index in [1.807, 2.05) is 30.3 Å². The van der Waals surface area contributed by atoms with E-state index in [2.05, 4.69) is 32.6 Å². The highest BCUT2D eigenvalue weighted by molar-refractivity contribution is 7.14. The van der Waals surface area contributed by atoms with E-state index >= 15 is 0 Å². The van der Waals surface area contributed by atoms with Crippen molar-refractivity contribution in [2.75, 3.05) is 37.6 Å². The van der Waals surface area contributed by atoms with E-state index in [9.17, 15) is 9.59 Å². The van der Waals surface area contributed by atoms with Crippen molar-refractivity contribution >= 4 is 39.5 Å². The lowest BCUT2D eigenvalue weighted by molar-refractivity contribution is -0.119. The summed E-state index contributed by atoms with van der Waals surface area (Å²) in [7, 11) is 0. The van der Waals surface area contributed by atoms with Crippen LogP contribution in [0.25, 0.3) is 11.3 Å². The summed E-state index contributed by atoms with van der Waals surface area (Å²) in [6.07, 6.45) is 1.43. The summed E-state index contributed by atoms with van der Waals surface area (Å²) in [5.41, 5.74) is 2.20. The molecule has 1 aromatic carbocycles. The number of anilines is 1. The molecule has 0 radical (unpaired) electrons. The average molecular weight is 469 g/mol. The molecule has 0 atom stereocenters. The van der Waals surface area contributed by atoms with Crippen LogP contribution < -0.4 is 10.2 Å². The van der Waals surface area contributed by atoms with Gasteiger partial charge in [-0.3, -0.25) is 14.5 Å². The topological polar surface area (TPSA) is 65.5 Å². The number of thiazole rings is 1. The van der Waals surface area contributed by atoms with Gasteiger partial charge < -0.3 is 10.2 Å². The summed E-state index contributed by atoms with van der Waals surface area (Å²) in [6.45, 7) is 6.85. The molecule has 2 aromatic heterocycles. The second-order valence-electron chi connectivity index (χ2n) is 7.91. The van der Waals surface area contributed by atoms with Gasteiger partial charge in [-0.15, -0.1) is 22.7 Å². The molecule has 168 valence electrons. The first-order chi connectivity index (χ1) is 15.6. The van der Waals surface area contributed by atoms with Crippen LogP contribution in [0.15, 0.2) is 47.8 Å². The van der Waals surface area contributed by atoms with Gasteiger partial charge in [0.2, 0.25) is 5.91 Å². The highest BCUT2D eigenvalue weighted by atomic mass is 32.1. The summed E-state index contributed by atoms with van der Waals surface area (Å²) >= 11 is 3.18. The molecule has 1 N–H and O–H groups in total. The largest absolute Gasteiger partial charge is 0.351 e. The number of nitrogens with one attached hydrogen (secondary N) is 1. The van der Waals surface area contributed by atoms with Gasteiger partial charge in [-0.1, -0.05) is 30.3 Å². The minimum atomic E-state index is -0.0575. The SMILES string of the molecule is CC(=O)NCc1ccc(C(=O)CCCN2CCN(c3nc(-c4ccccc4)cs3)CC2)s1. The Morgan fingerprint density at radius 1 is 1.06 bits per heavy atom. The van der Waals surface area contributed by atoms with Gasteiger partial charge >= 0.3 is 0 Å². The Balaban J connectivity index is 1.18. The second-order valence-corrected chi connectivity index (χ2v) is 9.92. The van der Waals surface area contributed by atoms with Crippen molar-refractivity contribution in [3.8, 4) is 11.3 Å². The number of ketones is 1. The van der Waals surface area contributed by atoms with E-state index in [1.54, 1.807) is 11.3 Å². The Morgan fingerprint density at radius 3 is 2.59 bits per heavy atom. The summed E-state index contributed by atoms with van der Waals surface area (Å²) < 4.78 is 0. The molecule has 1 aliphatic heterocycles. The molecule has 0 unspecified atom stereocenters. The van der Waals surface area contributed by atoms with Crippen molar-refractivity contribution in [3.63, 3.8) is 0 Å². The molecule has 8 heteroatoms. The Morgan fingerprint density at radius 2 is 1.84 bits per heavy atom. The molecule has 6 nitrogen and oxygen atoms in total. The monoisotopic (exact) mass is 468 g/mol. The van der Waals surface area contributed by atoms with Crippen LogP contribution in [0.5, 0.6) is 0 Å². The fourth-order valence-electron chi connectivity index (χ4n) is 3.73. The van der Waals surface area contributed by atoms with Crippen molar-refractivity contribution in [1.29, 1.82) is 0 Å². The van der Waals surface area contributed by atoms with E-state index in [0.717, 1.165) is 65.3 Å². The first-order valence-corrected chi connectivity index (χ1v) is 12.6. The number of rotatable bonds is 9. The predicted molar refractivity (Wildman–Crippen MR) is 132 cm³/mol. The standard InChI is InChI=1S/C24H28N4O2S2/c1-18(29)25-16-20-9-10-23(32-20)22(30)8-5-11-27-12-14-28(15-13-27)24-26-21(17-31-24)19-6-3-2-4-7-19/h2-4,6-7,9-10,17H,5,8,11-16H2,1H3,(H,25,29). The lowest BCUT2D eigenvalue weighted by Crippen LogP contribution is -2.46. The third-order valence-corrected chi connectivity index (χ3v) is 7.56. The molecule has 3 aromatic rings. The number of benzene rings is 1. The lowest BCUT2D eigenvalue weighted by Gasteiger charge is -2.34. The van der Waals surface area contributed by atoms with Crippen molar-refractivity contribution in [2.24, 2.45) is 0 Å². The fraction of sp³-hybridized carbons (Fsp3) is 0.375. The average Bonchev–Trinajstić information content (AvgIpc) is 3.49. The van der Waals surface area contributed by atoms with Crippen LogP contribution in [0.4, 0.5) is 5.13 Å². The highest BCUT2D eigenvalue weighted by Gasteiger charge is 2.20. The Kier molecular flexibility index (Phi) is 7.68. The second kappa shape index (κ2) is 10.8. The highest BCUT2D eigenvalue weighted by Crippen LogP contribution is 2.28. The summed E-state index contributed by atoms with van der Waals surface area (Å²) in [6, 6.07) is 14.1. The van der Waals surface area contributed by atoms with Crippen LogP contribution >= 0.6 is 22.7 Å². The quantitative estimate of drug-likeness (QED) is 0.475. The minimum absolute atomic E-state index is 0.0575. The maximum absolute atomic E-state index is 12.5. The molecule has 0 aliphatic carbocycles. The first-order valence-electron chi connectivity index (χ1n) is 10.9. The van der Waals surface area contributed by atoms with Crippen LogP contribution in [0.2, 0.25) is 0 Å². The summed E-state index contributed by atoms with van der Waals surface area (Å²) in [5, 5.41) is 5.99. The lowest BCUT2D eigenvalue weighted by atomic mass is 10.2. The van der Waals surface area contributed by atoms with Crippen LogP contribution in [-0.4, -0.2) is 54.3 Å². The van der Waals surface area contributed by atoms with Crippen LogP contribution in [-0.2, 0) is 11.3 Å². The molecule has 1 aliphatic rings. The van der Waals surface area contributed by atoms with E-state index in [1.165, 1.54) is 18.3 Å². The first kappa shape index (κ1) is 22.6. The van der Waals surface area contributed by atoms with Crippen molar-refractivity contribution in [3.05, 3.63) is 57.6 Å². The number of carbonyl (C=O) groups is 2. The number of nitrogens with zero attached hydrogens (tertiary/aromatic N) is 3. The van der Waals surface area contributed by atoms with Gasteiger partial charge in [0.15, 0.2) is 10.9 Å². The molecule has 3 heterocycles. The predicted octanol–water partition coefficient (Wildman–Crippen LogP) is 4.29. The molecule has 1 fully saturated rings. The Bertz CT molecular complexity index is 1040. The maximum Gasteiger partial charge on any atom is 0.217 e. The normalized spacial score (nSPS) is 14.5. The van der Waals surface area contributed by atoms with Gasteiger partial charge in [0.25, 0.3) is 0 Å². The molecule has 32 heavy (non-hydrogen) atoms. The van der Waals surface area contributed by atoms with Gasteiger partial charge in [0.05, 0.1) is 17.1 Å². The fourth-order valence-corrected chi connectivity index (χ4v) is 5.54. The van der Waals surface area contributed by atoms with Crippen LogP contribution in [0.3, 0.4) is 0 Å². The number of carbonyl (C=O) groups excluding carboxylic acids is 2. The number of amides is 1. The number of thiophene rings is 1. The number of aromatic nitrogens is 1. The Labute approximate surface area is 196 Å². The molecule has 1 saturated heterocycles. The molecule has 0 spiro atoms. The van der Waals surface area contributed by atoms with Crippen molar-refractivity contribution in [2.45, 2.75) is 26.3 Å². The number of hydrogen-bond donors (Lipinski definition) is 1. The minimum Gasteiger partial charge on any atom is -0.351 e. The number of hydrogen-bond acceptors (Lipinski definition) is 7. The molecular weight excluding hydrogens is 440 g/mol. The van der Waals surface area contributed by atoms with E-state index in [0.29, 0.717) is 13.0 Å².